The number of fused-ring (bicyclic) bond motifs is 1. The average molecular weight is 436 g/mol. The Morgan fingerprint density at radius 3 is 2.57 bits per heavy atom. The number of ether oxygens (including phenoxy) is 2. The average Bonchev–Trinajstić information content (AvgIpc) is 2.69. The predicted molar refractivity (Wildman–Crippen MR) is 112 cm³/mol. The quantitative estimate of drug-likeness (QED) is 0.664. The first-order chi connectivity index (χ1) is 14.4. The predicted octanol–water partition coefficient (Wildman–Crippen LogP) is 3.18. The second kappa shape index (κ2) is 8.06. The Labute approximate surface area is 178 Å². The minimum absolute atomic E-state index is 0.0603. The van der Waals surface area contributed by atoms with Gasteiger partial charge >= 0.3 is 0 Å². The fourth-order valence-corrected chi connectivity index (χ4v) is 5.18. The largest absolute Gasteiger partial charge is 0.493 e. The van der Waals surface area contributed by atoms with Gasteiger partial charge in [0, 0.05) is 54.3 Å². The lowest BCUT2D eigenvalue weighted by atomic mass is 9.60. The Bertz CT molecular complexity index is 985. The Hall–Kier alpha value is -2.35. The van der Waals surface area contributed by atoms with Crippen LogP contribution in [0, 0.1) is 16.7 Å². The Morgan fingerprint density at radius 1 is 1.33 bits per heavy atom. The summed E-state index contributed by atoms with van der Waals surface area (Å²) >= 11 is 0.893. The van der Waals surface area contributed by atoms with E-state index in [4.69, 9.17) is 14.6 Å². The minimum Gasteiger partial charge on any atom is -0.493 e. The van der Waals surface area contributed by atoms with Crippen LogP contribution in [0.4, 0.5) is 14.5 Å². The summed E-state index contributed by atoms with van der Waals surface area (Å²) in [4.78, 5) is 6.57. The molecule has 2 aliphatic rings. The van der Waals surface area contributed by atoms with Gasteiger partial charge in [-0.05, 0) is 18.9 Å². The van der Waals surface area contributed by atoms with E-state index in [0.717, 1.165) is 54.7 Å². The van der Waals surface area contributed by atoms with Crippen molar-refractivity contribution >= 4 is 28.7 Å². The van der Waals surface area contributed by atoms with Crippen LogP contribution in [-0.2, 0) is 0 Å². The number of methoxy groups -OCH3 is 2. The van der Waals surface area contributed by atoms with Crippen LogP contribution >= 0.6 is 12.1 Å². The molecule has 2 fully saturated rings. The molecule has 30 heavy (non-hydrogen) atoms. The third kappa shape index (κ3) is 3.51. The van der Waals surface area contributed by atoms with Gasteiger partial charge in [0.15, 0.2) is 11.5 Å². The van der Waals surface area contributed by atoms with Crippen molar-refractivity contribution in [2.45, 2.75) is 25.3 Å². The molecule has 0 unspecified atom stereocenters. The van der Waals surface area contributed by atoms with Crippen LogP contribution < -0.4 is 19.5 Å². The van der Waals surface area contributed by atoms with Crippen LogP contribution in [-0.4, -0.2) is 55.6 Å². The van der Waals surface area contributed by atoms with Crippen molar-refractivity contribution in [3.05, 3.63) is 23.9 Å². The third-order valence-electron chi connectivity index (χ3n) is 6.03. The van der Waals surface area contributed by atoms with Gasteiger partial charge in [-0.1, -0.05) is 0 Å². The number of anilines is 1. The number of halogens is 2. The van der Waals surface area contributed by atoms with E-state index < -0.39 is 6.43 Å². The zero-order valence-corrected chi connectivity index (χ0v) is 17.6. The maximum atomic E-state index is 12.7. The van der Waals surface area contributed by atoms with Gasteiger partial charge in [0.2, 0.25) is 0 Å². The number of alkyl halides is 2. The van der Waals surface area contributed by atoms with Crippen molar-refractivity contribution in [2.24, 2.45) is 10.6 Å². The highest BCUT2D eigenvalue weighted by Crippen LogP contribution is 2.53. The minimum atomic E-state index is -2.40. The summed E-state index contributed by atoms with van der Waals surface area (Å²) in [7, 11) is 3.13. The van der Waals surface area contributed by atoms with E-state index in [-0.39, 0.29) is 18.0 Å². The first-order valence-electron chi connectivity index (χ1n) is 9.55. The van der Waals surface area contributed by atoms with E-state index in [0.29, 0.717) is 17.1 Å². The van der Waals surface area contributed by atoms with Gasteiger partial charge in [-0.25, -0.2) is 13.1 Å². The fourth-order valence-electron chi connectivity index (χ4n) is 4.67. The number of pyridine rings is 1. The first kappa shape index (κ1) is 20.9. The van der Waals surface area contributed by atoms with Gasteiger partial charge in [-0.3, -0.25) is 10.1 Å². The van der Waals surface area contributed by atoms with E-state index in [1.54, 1.807) is 30.8 Å². The maximum absolute atomic E-state index is 12.7. The van der Waals surface area contributed by atoms with Crippen molar-refractivity contribution in [3.63, 3.8) is 0 Å². The van der Waals surface area contributed by atoms with Crippen LogP contribution in [0.1, 0.15) is 18.4 Å². The summed E-state index contributed by atoms with van der Waals surface area (Å²) in [6, 6.07) is 5.95. The van der Waals surface area contributed by atoms with Gasteiger partial charge in [-0.2, -0.15) is 5.26 Å². The molecule has 0 radical (unpaired) electrons. The molecule has 4 rings (SSSR count). The van der Waals surface area contributed by atoms with E-state index in [9.17, 15) is 14.0 Å². The first-order valence-corrected chi connectivity index (χ1v) is 10.4. The molecule has 2 aromatic rings. The second-order valence-electron chi connectivity index (χ2n) is 7.87. The number of aromatic nitrogens is 1. The zero-order valence-electron chi connectivity index (χ0n) is 16.8. The summed E-state index contributed by atoms with van der Waals surface area (Å²) < 4.78 is 37.8. The molecule has 1 saturated carbocycles. The Kier molecular flexibility index (Phi) is 5.61. The molecule has 1 aliphatic carbocycles. The van der Waals surface area contributed by atoms with Gasteiger partial charge in [-0.15, -0.1) is 0 Å². The number of nitrogens with two attached hydrogens (primary N) is 1. The smallest absolute Gasteiger partial charge is 0.252 e. The number of nitriles is 1. The lowest BCUT2D eigenvalue weighted by Gasteiger charge is -2.61. The molecule has 0 atom stereocenters. The van der Waals surface area contributed by atoms with E-state index >= 15 is 0 Å². The molecule has 10 heteroatoms. The molecule has 1 aromatic heterocycles. The van der Waals surface area contributed by atoms with Crippen LogP contribution in [0.15, 0.2) is 18.3 Å². The molecular formula is C20H23F2N5O2S. The number of nitrogens with zero attached hydrogens (tertiary/aromatic N) is 4. The standard InChI is InChI=1S/C20H23F2N5O2S/c1-28-16-3-14-15(4-17(16)29-2)25-8-12(7-23)19(14)26-10-20(11-26)5-13(6-20)27(30-24)9-18(21)22/h3-4,8,13,18H,5-6,9-11,24H2,1-2H3. The van der Waals surface area contributed by atoms with E-state index in [1.807, 2.05) is 6.07 Å². The summed E-state index contributed by atoms with van der Waals surface area (Å²) in [5.74, 6) is 1.15. The lowest BCUT2D eigenvalue weighted by molar-refractivity contribution is 0.000120. The van der Waals surface area contributed by atoms with Gasteiger partial charge in [0.25, 0.3) is 6.43 Å². The highest BCUT2D eigenvalue weighted by molar-refractivity contribution is 7.94. The summed E-state index contributed by atoms with van der Waals surface area (Å²) in [5.41, 5.74) is 2.13. The normalized spacial score (nSPS) is 17.9. The van der Waals surface area contributed by atoms with Crippen molar-refractivity contribution in [1.82, 2.24) is 9.29 Å². The monoisotopic (exact) mass is 435 g/mol. The molecule has 160 valence electrons. The highest BCUT2D eigenvalue weighted by atomic mass is 32.2. The summed E-state index contributed by atoms with van der Waals surface area (Å²) in [6.07, 6.45) is 0.822. The molecule has 1 saturated heterocycles. The number of hydrogen-bond acceptors (Lipinski definition) is 8. The second-order valence-corrected chi connectivity index (χ2v) is 8.55. The lowest BCUT2D eigenvalue weighted by Crippen LogP contribution is -2.66. The summed E-state index contributed by atoms with van der Waals surface area (Å²) in [6.45, 7) is 1.22. The third-order valence-corrected chi connectivity index (χ3v) is 6.75. The van der Waals surface area contributed by atoms with Crippen molar-refractivity contribution in [3.8, 4) is 17.6 Å². The van der Waals surface area contributed by atoms with Crippen molar-refractivity contribution < 1.29 is 18.3 Å². The summed E-state index contributed by atoms with van der Waals surface area (Å²) in [5, 5.41) is 16.0. The van der Waals surface area contributed by atoms with E-state index in [2.05, 4.69) is 16.0 Å². The number of benzene rings is 1. The molecule has 7 nitrogen and oxygen atoms in total. The molecule has 2 N–H and O–H groups in total. The topological polar surface area (TPSA) is 87.6 Å². The zero-order chi connectivity index (χ0) is 21.5. The molecule has 1 spiro atoms. The van der Waals surface area contributed by atoms with E-state index in [1.165, 1.54) is 0 Å². The fraction of sp³-hybridized carbons (Fsp3) is 0.500. The van der Waals surface area contributed by atoms with Crippen LogP contribution in [0.5, 0.6) is 11.5 Å². The Balaban J connectivity index is 1.56. The van der Waals surface area contributed by atoms with Crippen LogP contribution in [0.2, 0.25) is 0 Å². The number of hydrogen-bond donors (Lipinski definition) is 1. The van der Waals surface area contributed by atoms with Gasteiger partial charge in [0.1, 0.15) is 6.07 Å². The Morgan fingerprint density at radius 2 is 2.00 bits per heavy atom. The van der Waals surface area contributed by atoms with Crippen LogP contribution in [0.3, 0.4) is 0 Å². The molecule has 2 heterocycles. The van der Waals surface area contributed by atoms with Crippen molar-refractivity contribution in [2.75, 3.05) is 38.8 Å². The van der Waals surface area contributed by atoms with Gasteiger partial charge in [0.05, 0.1) is 37.5 Å². The molecular weight excluding hydrogens is 412 g/mol. The molecule has 0 bridgehead atoms. The molecule has 1 aliphatic heterocycles. The maximum Gasteiger partial charge on any atom is 0.252 e. The van der Waals surface area contributed by atoms with Crippen molar-refractivity contribution in [1.29, 1.82) is 5.26 Å². The molecule has 1 aromatic carbocycles. The van der Waals surface area contributed by atoms with Crippen LogP contribution in [0.25, 0.3) is 10.9 Å². The molecule has 0 amide bonds. The van der Waals surface area contributed by atoms with Gasteiger partial charge < -0.3 is 14.4 Å². The SMILES string of the molecule is COc1cc2ncc(C#N)c(N3CC4(CC(N(CC(F)F)SN)C4)C3)c2cc1OC. The highest BCUT2D eigenvalue weighted by Gasteiger charge is 2.54. The number of rotatable bonds is 7.